The molecule has 0 aromatic heterocycles. The summed E-state index contributed by atoms with van der Waals surface area (Å²) in [6.07, 6.45) is -5.08. The molecule has 5 nitrogen and oxygen atoms in total. The zero-order valence-corrected chi connectivity index (χ0v) is 9.06. The Kier molecular flexibility index (Phi) is 5.67. The number of alkyl halides is 3. The maximum Gasteiger partial charge on any atom is 0.490 e. The van der Waals surface area contributed by atoms with Crippen LogP contribution in [0, 0.1) is 0 Å². The number of phenols is 1. The van der Waals surface area contributed by atoms with Crippen LogP contribution in [0.15, 0.2) is 24.3 Å². The second kappa shape index (κ2) is 6.48. The smallest absolute Gasteiger partial charge is 0.490 e. The molecule has 0 atom stereocenters. The monoisotopic (exact) mass is 266 g/mol. The Hall–Kier alpha value is -2.25. The van der Waals surface area contributed by atoms with E-state index in [1.54, 1.807) is 12.1 Å². The lowest BCUT2D eigenvalue weighted by molar-refractivity contribution is -0.192. The molecule has 8 heteroatoms. The number of carbonyl (C=O) groups is 2. The Morgan fingerprint density at radius 1 is 1.22 bits per heavy atom. The molecule has 0 saturated carbocycles. The molecule has 0 aliphatic heterocycles. The zero-order valence-electron chi connectivity index (χ0n) is 9.06. The largest absolute Gasteiger partial charge is 0.507 e. The van der Waals surface area contributed by atoms with E-state index in [9.17, 15) is 18.0 Å². The van der Waals surface area contributed by atoms with Crippen molar-refractivity contribution in [3.8, 4) is 5.75 Å². The van der Waals surface area contributed by atoms with Crippen LogP contribution in [0.5, 0.6) is 5.75 Å². The number of carboxylic acids is 1. The van der Waals surface area contributed by atoms with Gasteiger partial charge in [0.1, 0.15) is 11.3 Å². The van der Waals surface area contributed by atoms with Crippen molar-refractivity contribution in [1.29, 1.82) is 0 Å². The first-order valence-electron chi connectivity index (χ1n) is 4.36. The highest BCUT2D eigenvalue weighted by Crippen LogP contribution is 2.15. The molecular formula is C10H9F3O5. The summed E-state index contributed by atoms with van der Waals surface area (Å²) < 4.78 is 36.2. The van der Waals surface area contributed by atoms with E-state index in [1.807, 2.05) is 0 Å². The highest BCUT2D eigenvalue weighted by molar-refractivity contribution is 5.92. The zero-order chi connectivity index (χ0) is 14.3. The van der Waals surface area contributed by atoms with Crippen molar-refractivity contribution in [1.82, 2.24) is 0 Å². The maximum atomic E-state index is 10.9. The average molecular weight is 266 g/mol. The van der Waals surface area contributed by atoms with Gasteiger partial charge < -0.3 is 14.9 Å². The van der Waals surface area contributed by atoms with Crippen LogP contribution in [-0.2, 0) is 9.53 Å². The number of carbonyl (C=O) groups excluding carboxylic acids is 1. The number of ether oxygens (including phenoxy) is 1. The molecule has 100 valence electrons. The highest BCUT2D eigenvalue weighted by atomic mass is 19.4. The number of esters is 1. The quantitative estimate of drug-likeness (QED) is 0.757. The van der Waals surface area contributed by atoms with Crippen molar-refractivity contribution in [2.24, 2.45) is 0 Å². The number of halogens is 3. The van der Waals surface area contributed by atoms with Crippen molar-refractivity contribution in [2.45, 2.75) is 6.18 Å². The van der Waals surface area contributed by atoms with Gasteiger partial charge in [-0.2, -0.15) is 13.2 Å². The summed E-state index contributed by atoms with van der Waals surface area (Å²) in [5, 5.41) is 16.2. The molecule has 0 aliphatic rings. The van der Waals surface area contributed by atoms with E-state index in [2.05, 4.69) is 4.74 Å². The Balaban J connectivity index is 0.000000360. The third-order valence-electron chi connectivity index (χ3n) is 1.55. The number of benzene rings is 1. The number of hydrogen-bond acceptors (Lipinski definition) is 4. The molecule has 1 aromatic carbocycles. The van der Waals surface area contributed by atoms with E-state index in [0.717, 1.165) is 0 Å². The third kappa shape index (κ3) is 5.19. The first-order valence-corrected chi connectivity index (χ1v) is 4.36. The fraction of sp³-hybridized carbons (Fsp3) is 0.200. The summed E-state index contributed by atoms with van der Waals surface area (Å²) in [4.78, 5) is 19.7. The number of aliphatic carboxylic acids is 1. The van der Waals surface area contributed by atoms with E-state index >= 15 is 0 Å². The molecule has 0 unspecified atom stereocenters. The average Bonchev–Trinajstić information content (AvgIpc) is 2.28. The van der Waals surface area contributed by atoms with Crippen LogP contribution in [0.3, 0.4) is 0 Å². The summed E-state index contributed by atoms with van der Waals surface area (Å²) in [7, 11) is 1.27. The number of methoxy groups -OCH3 is 1. The summed E-state index contributed by atoms with van der Waals surface area (Å²) in [6, 6.07) is 6.24. The topological polar surface area (TPSA) is 83.8 Å². The number of carboxylic acid groups (broad SMARTS) is 1. The SMILES string of the molecule is COC(=O)c1ccccc1O.O=C(O)C(F)(F)F. The van der Waals surface area contributed by atoms with Crippen LogP contribution in [0.2, 0.25) is 0 Å². The number of aromatic hydroxyl groups is 1. The molecule has 0 aliphatic carbocycles. The van der Waals surface area contributed by atoms with Crippen molar-refractivity contribution >= 4 is 11.9 Å². The Labute approximate surface area is 99.4 Å². The molecular weight excluding hydrogens is 257 g/mol. The lowest BCUT2D eigenvalue weighted by atomic mass is 10.2. The van der Waals surface area contributed by atoms with Gasteiger partial charge in [-0.3, -0.25) is 0 Å². The fourth-order valence-corrected chi connectivity index (χ4v) is 0.756. The molecule has 1 aromatic rings. The van der Waals surface area contributed by atoms with E-state index in [-0.39, 0.29) is 11.3 Å². The van der Waals surface area contributed by atoms with Gasteiger partial charge >= 0.3 is 18.1 Å². The Bertz CT molecular complexity index is 428. The molecule has 0 bridgehead atoms. The van der Waals surface area contributed by atoms with Crippen LogP contribution in [-0.4, -0.2) is 35.4 Å². The van der Waals surface area contributed by atoms with E-state index in [1.165, 1.54) is 19.2 Å². The van der Waals surface area contributed by atoms with Gasteiger partial charge in [0.15, 0.2) is 0 Å². The lowest BCUT2D eigenvalue weighted by Gasteiger charge is -1.99. The second-order valence-electron chi connectivity index (χ2n) is 2.81. The van der Waals surface area contributed by atoms with Gasteiger partial charge in [0.2, 0.25) is 0 Å². The molecule has 0 spiro atoms. The Morgan fingerprint density at radius 2 is 1.67 bits per heavy atom. The fourth-order valence-electron chi connectivity index (χ4n) is 0.756. The number of rotatable bonds is 1. The van der Waals surface area contributed by atoms with Crippen LogP contribution >= 0.6 is 0 Å². The molecule has 0 fully saturated rings. The summed E-state index contributed by atoms with van der Waals surface area (Å²) in [5.41, 5.74) is 0.190. The first kappa shape index (κ1) is 15.8. The molecule has 0 saturated heterocycles. The molecule has 0 heterocycles. The molecule has 1 rings (SSSR count). The minimum absolute atomic E-state index is 0.0562. The van der Waals surface area contributed by atoms with Gasteiger partial charge in [-0.15, -0.1) is 0 Å². The van der Waals surface area contributed by atoms with Crippen molar-refractivity contribution in [3.63, 3.8) is 0 Å². The van der Waals surface area contributed by atoms with Crippen molar-refractivity contribution in [3.05, 3.63) is 29.8 Å². The third-order valence-corrected chi connectivity index (χ3v) is 1.55. The van der Waals surface area contributed by atoms with Crippen LogP contribution in [0.25, 0.3) is 0 Å². The predicted octanol–water partition coefficient (Wildman–Crippen LogP) is 1.81. The van der Waals surface area contributed by atoms with Gasteiger partial charge in [0.25, 0.3) is 0 Å². The number of hydrogen-bond donors (Lipinski definition) is 2. The Morgan fingerprint density at radius 3 is 2.00 bits per heavy atom. The van der Waals surface area contributed by atoms with Crippen LogP contribution in [0.4, 0.5) is 13.2 Å². The predicted molar refractivity (Wildman–Crippen MR) is 53.1 cm³/mol. The standard InChI is InChI=1S/C8H8O3.C2HF3O2/c1-11-8(10)6-4-2-3-5-7(6)9;3-2(4,5)1(6)7/h2-5,9H,1H3;(H,6,7). The molecule has 18 heavy (non-hydrogen) atoms. The summed E-state index contributed by atoms with van der Waals surface area (Å²) in [5.74, 6) is -3.34. The minimum Gasteiger partial charge on any atom is -0.507 e. The van der Waals surface area contributed by atoms with Gasteiger partial charge in [-0.1, -0.05) is 12.1 Å². The van der Waals surface area contributed by atoms with Crippen molar-refractivity contribution in [2.75, 3.05) is 7.11 Å². The van der Waals surface area contributed by atoms with Crippen LogP contribution in [0.1, 0.15) is 10.4 Å². The van der Waals surface area contributed by atoms with E-state index in [4.69, 9.17) is 15.0 Å². The van der Waals surface area contributed by atoms with Gasteiger partial charge in [0.05, 0.1) is 7.11 Å². The summed E-state index contributed by atoms with van der Waals surface area (Å²) >= 11 is 0. The lowest BCUT2D eigenvalue weighted by Crippen LogP contribution is -2.21. The van der Waals surface area contributed by atoms with E-state index < -0.39 is 18.1 Å². The number of phenolic OH excluding ortho intramolecular Hbond substituents is 1. The maximum absolute atomic E-state index is 10.9. The normalized spacial score (nSPS) is 10.0. The van der Waals surface area contributed by atoms with Gasteiger partial charge in [-0.25, -0.2) is 9.59 Å². The first-order chi connectivity index (χ1) is 8.20. The second-order valence-corrected chi connectivity index (χ2v) is 2.81. The molecule has 0 amide bonds. The summed E-state index contributed by atoms with van der Waals surface area (Å²) in [6.45, 7) is 0. The molecule has 2 N–H and O–H groups in total. The number of para-hydroxylation sites is 1. The molecule has 0 radical (unpaired) electrons. The van der Waals surface area contributed by atoms with Gasteiger partial charge in [0, 0.05) is 0 Å². The minimum atomic E-state index is -5.08. The van der Waals surface area contributed by atoms with E-state index in [0.29, 0.717) is 0 Å². The van der Waals surface area contributed by atoms with Crippen LogP contribution < -0.4 is 0 Å². The van der Waals surface area contributed by atoms with Crippen molar-refractivity contribution < 1.29 is 37.7 Å². The highest BCUT2D eigenvalue weighted by Gasteiger charge is 2.38. The van der Waals surface area contributed by atoms with Gasteiger partial charge in [-0.05, 0) is 12.1 Å².